The van der Waals surface area contributed by atoms with Crippen molar-refractivity contribution in [2.45, 2.75) is 46.6 Å². The molecule has 0 radical (unpaired) electrons. The lowest BCUT2D eigenvalue weighted by Gasteiger charge is -2.28. The number of benzene rings is 1. The van der Waals surface area contributed by atoms with Crippen molar-refractivity contribution in [1.29, 1.82) is 0 Å². The Bertz CT molecular complexity index is 465. The molecule has 21 heavy (non-hydrogen) atoms. The van der Waals surface area contributed by atoms with E-state index in [0.29, 0.717) is 6.61 Å². The monoisotopic (exact) mass is 292 g/mol. The first-order chi connectivity index (χ1) is 9.95. The summed E-state index contributed by atoms with van der Waals surface area (Å²) in [6, 6.07) is 4.22. The van der Waals surface area contributed by atoms with Crippen molar-refractivity contribution in [2.24, 2.45) is 5.92 Å². The van der Waals surface area contributed by atoms with Gasteiger partial charge in [0.15, 0.2) is 0 Å². The van der Waals surface area contributed by atoms with Gasteiger partial charge in [-0.15, -0.1) is 0 Å². The van der Waals surface area contributed by atoms with Gasteiger partial charge in [-0.25, -0.2) is 0 Å². The summed E-state index contributed by atoms with van der Waals surface area (Å²) in [6.07, 6.45) is 2.17. The average molecular weight is 292 g/mol. The smallest absolute Gasteiger partial charge is 0.137 e. The maximum Gasteiger partial charge on any atom is 0.137 e. The molecule has 3 nitrogen and oxygen atoms in total. The lowest BCUT2D eigenvalue weighted by atomic mass is 9.99. The van der Waals surface area contributed by atoms with Crippen molar-refractivity contribution in [3.8, 4) is 5.75 Å². The van der Waals surface area contributed by atoms with Gasteiger partial charge in [0.1, 0.15) is 25.0 Å². The Morgan fingerprint density at radius 2 is 1.90 bits per heavy atom. The summed E-state index contributed by atoms with van der Waals surface area (Å²) >= 11 is 0. The normalized spacial score (nSPS) is 23.9. The third-order valence-electron chi connectivity index (χ3n) is 4.70. The number of aliphatic hydroxyl groups is 1. The zero-order valence-electron chi connectivity index (χ0n) is 13.9. The van der Waals surface area contributed by atoms with E-state index in [1.54, 1.807) is 0 Å². The highest BCUT2D eigenvalue weighted by Crippen LogP contribution is 2.23. The van der Waals surface area contributed by atoms with Crippen molar-refractivity contribution in [3.05, 3.63) is 28.8 Å². The average Bonchev–Trinajstić information content (AvgIpc) is 2.44. The topological polar surface area (TPSA) is 33.9 Å². The molecule has 1 heterocycles. The maximum atomic E-state index is 10.2. The standard InChI is InChI=1S/C18H29NO2/c1-13-5-7-19(8-6-13)11-17(20)12-21-18-10-14(2)9-15(3)16(18)4/h9-10,13,17,20H,5-8,11-12H2,1-4H3/p+1/t17-/m1/s1. The minimum absolute atomic E-state index is 0.381. The summed E-state index contributed by atoms with van der Waals surface area (Å²) in [5.41, 5.74) is 3.63. The molecule has 1 aliphatic rings. The van der Waals surface area contributed by atoms with Gasteiger partial charge in [0.05, 0.1) is 13.1 Å². The molecule has 0 spiro atoms. The highest BCUT2D eigenvalue weighted by Gasteiger charge is 2.22. The SMILES string of the molecule is Cc1cc(C)c(C)c(OC[C@H](O)C[NH+]2CCC(C)CC2)c1. The predicted molar refractivity (Wildman–Crippen MR) is 86.1 cm³/mol. The van der Waals surface area contributed by atoms with Crippen molar-refractivity contribution >= 4 is 0 Å². The lowest BCUT2D eigenvalue weighted by Crippen LogP contribution is -3.14. The van der Waals surface area contributed by atoms with E-state index < -0.39 is 0 Å². The molecule has 1 saturated heterocycles. The quantitative estimate of drug-likeness (QED) is 0.865. The highest BCUT2D eigenvalue weighted by molar-refractivity contribution is 5.41. The number of likely N-dealkylation sites (tertiary alicyclic amines) is 1. The number of hydrogen-bond acceptors (Lipinski definition) is 2. The van der Waals surface area contributed by atoms with Crippen LogP contribution in [-0.2, 0) is 0 Å². The molecule has 0 saturated carbocycles. The van der Waals surface area contributed by atoms with Crippen LogP contribution in [0.15, 0.2) is 12.1 Å². The molecule has 2 rings (SSSR count). The van der Waals surface area contributed by atoms with Gasteiger partial charge in [-0.1, -0.05) is 13.0 Å². The maximum absolute atomic E-state index is 10.2. The number of aliphatic hydroxyl groups excluding tert-OH is 1. The van der Waals surface area contributed by atoms with E-state index >= 15 is 0 Å². The molecular weight excluding hydrogens is 262 g/mol. The molecule has 0 bridgehead atoms. The summed E-state index contributed by atoms with van der Waals surface area (Å²) in [6.45, 7) is 12.1. The van der Waals surface area contributed by atoms with E-state index in [4.69, 9.17) is 4.74 Å². The Morgan fingerprint density at radius 3 is 2.57 bits per heavy atom. The number of rotatable bonds is 5. The Hall–Kier alpha value is -1.06. The Balaban J connectivity index is 1.82. The van der Waals surface area contributed by atoms with E-state index in [1.807, 2.05) is 0 Å². The molecule has 0 aliphatic carbocycles. The van der Waals surface area contributed by atoms with Gasteiger partial charge >= 0.3 is 0 Å². The second kappa shape index (κ2) is 7.28. The second-order valence-corrected chi connectivity index (χ2v) is 6.81. The van der Waals surface area contributed by atoms with Crippen LogP contribution in [0.25, 0.3) is 0 Å². The summed E-state index contributed by atoms with van der Waals surface area (Å²) in [5.74, 6) is 1.76. The molecule has 118 valence electrons. The fourth-order valence-electron chi connectivity index (χ4n) is 3.10. The molecular formula is C18H30NO2+. The van der Waals surface area contributed by atoms with Gasteiger partial charge < -0.3 is 14.7 Å². The van der Waals surface area contributed by atoms with Crippen molar-refractivity contribution < 1.29 is 14.7 Å². The number of nitrogens with one attached hydrogen (secondary N) is 1. The van der Waals surface area contributed by atoms with Crippen LogP contribution in [0.5, 0.6) is 5.75 Å². The van der Waals surface area contributed by atoms with Crippen molar-refractivity contribution in [2.75, 3.05) is 26.2 Å². The molecule has 2 N–H and O–H groups in total. The van der Waals surface area contributed by atoms with Gasteiger partial charge in [-0.05, 0) is 62.3 Å². The first kappa shape index (κ1) is 16.3. The number of quaternary nitrogens is 1. The fourth-order valence-corrected chi connectivity index (χ4v) is 3.10. The number of piperidine rings is 1. The van der Waals surface area contributed by atoms with Crippen LogP contribution in [0.4, 0.5) is 0 Å². The largest absolute Gasteiger partial charge is 0.490 e. The van der Waals surface area contributed by atoms with Crippen LogP contribution >= 0.6 is 0 Å². The minimum Gasteiger partial charge on any atom is -0.490 e. The summed E-state index contributed by atoms with van der Waals surface area (Å²) < 4.78 is 5.86. The highest BCUT2D eigenvalue weighted by atomic mass is 16.5. The third-order valence-corrected chi connectivity index (χ3v) is 4.70. The van der Waals surface area contributed by atoms with Crippen LogP contribution in [0.3, 0.4) is 0 Å². The Labute approximate surface area is 128 Å². The van der Waals surface area contributed by atoms with Crippen LogP contribution in [-0.4, -0.2) is 37.5 Å². The molecule has 1 aromatic carbocycles. The van der Waals surface area contributed by atoms with Crippen LogP contribution in [0.1, 0.15) is 36.5 Å². The second-order valence-electron chi connectivity index (χ2n) is 6.81. The number of aryl methyl sites for hydroxylation is 2. The summed E-state index contributed by atoms with van der Waals surface area (Å²) in [4.78, 5) is 1.52. The van der Waals surface area contributed by atoms with Crippen molar-refractivity contribution in [3.63, 3.8) is 0 Å². The minimum atomic E-state index is -0.381. The van der Waals surface area contributed by atoms with Gasteiger partial charge in [0.2, 0.25) is 0 Å². The van der Waals surface area contributed by atoms with E-state index in [9.17, 15) is 5.11 Å². The molecule has 0 amide bonds. The molecule has 1 fully saturated rings. The third kappa shape index (κ3) is 4.72. The number of ether oxygens (including phenoxy) is 1. The molecule has 0 unspecified atom stereocenters. The molecule has 0 aromatic heterocycles. The Kier molecular flexibility index (Phi) is 5.65. The molecule has 1 aromatic rings. The van der Waals surface area contributed by atoms with E-state index in [0.717, 1.165) is 18.2 Å². The molecule has 3 heteroatoms. The van der Waals surface area contributed by atoms with Gasteiger partial charge in [0, 0.05) is 0 Å². The predicted octanol–water partition coefficient (Wildman–Crippen LogP) is 1.67. The lowest BCUT2D eigenvalue weighted by molar-refractivity contribution is -0.909. The molecule has 1 aliphatic heterocycles. The van der Waals surface area contributed by atoms with Crippen LogP contribution in [0.2, 0.25) is 0 Å². The van der Waals surface area contributed by atoms with E-state index in [-0.39, 0.29) is 6.10 Å². The fraction of sp³-hybridized carbons (Fsp3) is 0.667. The zero-order chi connectivity index (χ0) is 15.4. The summed E-state index contributed by atoms with van der Waals surface area (Å²) in [7, 11) is 0. The number of hydrogen-bond donors (Lipinski definition) is 2. The van der Waals surface area contributed by atoms with Gasteiger partial charge in [-0.2, -0.15) is 0 Å². The Morgan fingerprint density at radius 1 is 1.24 bits per heavy atom. The van der Waals surface area contributed by atoms with E-state index in [2.05, 4.69) is 39.8 Å². The van der Waals surface area contributed by atoms with Gasteiger partial charge in [-0.3, -0.25) is 0 Å². The first-order valence-corrected chi connectivity index (χ1v) is 8.18. The molecule has 1 atom stereocenters. The van der Waals surface area contributed by atoms with Crippen LogP contribution < -0.4 is 9.64 Å². The van der Waals surface area contributed by atoms with Crippen molar-refractivity contribution in [1.82, 2.24) is 0 Å². The zero-order valence-corrected chi connectivity index (χ0v) is 13.9. The first-order valence-electron chi connectivity index (χ1n) is 8.18. The van der Waals surface area contributed by atoms with Crippen LogP contribution in [0, 0.1) is 26.7 Å². The van der Waals surface area contributed by atoms with E-state index in [1.165, 1.54) is 47.5 Å². The summed E-state index contributed by atoms with van der Waals surface area (Å²) in [5, 5.41) is 10.2. The van der Waals surface area contributed by atoms with Gasteiger partial charge in [0.25, 0.3) is 0 Å².